The highest BCUT2D eigenvalue weighted by Gasteiger charge is 2.38. The van der Waals surface area contributed by atoms with Gasteiger partial charge in [0.15, 0.2) is 0 Å². The van der Waals surface area contributed by atoms with Crippen molar-refractivity contribution in [2.24, 2.45) is 0 Å². The van der Waals surface area contributed by atoms with Gasteiger partial charge in [0.1, 0.15) is 23.1 Å². The van der Waals surface area contributed by atoms with E-state index in [9.17, 15) is 9.18 Å². The second-order valence-corrected chi connectivity index (χ2v) is 7.51. The smallest absolute Gasteiger partial charge is 0.312 e. The van der Waals surface area contributed by atoms with Crippen LogP contribution in [0.5, 0.6) is 0 Å². The zero-order valence-electron chi connectivity index (χ0n) is 16.8. The summed E-state index contributed by atoms with van der Waals surface area (Å²) in [5, 5.41) is 19.2. The molecule has 6 heterocycles. The third kappa shape index (κ3) is 2.72. The second kappa shape index (κ2) is 6.83. The highest BCUT2D eigenvalue weighted by Crippen LogP contribution is 2.34. The number of hydrogen-bond acceptors (Lipinski definition) is 7. The van der Waals surface area contributed by atoms with Crippen LogP contribution in [0.25, 0.3) is 17.1 Å². The van der Waals surface area contributed by atoms with E-state index < -0.39 is 17.8 Å². The molecule has 0 aromatic carbocycles. The molecule has 0 spiro atoms. The molecule has 5 aromatic rings. The molecule has 0 bridgehead atoms. The number of aromatic nitrogens is 8. The van der Waals surface area contributed by atoms with Gasteiger partial charge in [-0.15, -0.1) is 10.2 Å². The summed E-state index contributed by atoms with van der Waals surface area (Å²) in [6.45, 7) is 2.21. The maximum absolute atomic E-state index is 14.3. The number of rotatable bonds is 3. The molecule has 5 aromatic heterocycles. The van der Waals surface area contributed by atoms with Gasteiger partial charge in [-0.05, 0) is 30.7 Å². The van der Waals surface area contributed by atoms with Gasteiger partial charge in [-0.3, -0.25) is 9.89 Å². The molecular formula is C20H16FN9O2. The Morgan fingerprint density at radius 2 is 2.25 bits per heavy atom. The number of H-pyrrole nitrogens is 2. The van der Waals surface area contributed by atoms with Crippen molar-refractivity contribution in [2.75, 3.05) is 6.54 Å². The lowest BCUT2D eigenvalue weighted by atomic mass is 9.99. The average molecular weight is 433 g/mol. The molecule has 1 aliphatic heterocycles. The summed E-state index contributed by atoms with van der Waals surface area (Å²) < 4.78 is 21.4. The van der Waals surface area contributed by atoms with Crippen molar-refractivity contribution >= 4 is 11.4 Å². The van der Waals surface area contributed by atoms with E-state index in [2.05, 4.69) is 35.5 Å². The van der Waals surface area contributed by atoms with Gasteiger partial charge in [0, 0.05) is 24.9 Å². The molecule has 0 fully saturated rings. The van der Waals surface area contributed by atoms with Gasteiger partial charge < -0.3 is 14.3 Å². The Balaban J connectivity index is 1.42. The Labute approximate surface area is 179 Å². The molecule has 0 radical (unpaired) electrons. The number of pyridine rings is 1. The summed E-state index contributed by atoms with van der Waals surface area (Å²) in [5.74, 6) is -0.851. The summed E-state index contributed by atoms with van der Waals surface area (Å²) in [5.41, 5.74) is 3.72. The predicted octanol–water partition coefficient (Wildman–Crippen LogP) is 2.07. The number of aryl methyl sites for hydroxylation is 1. The molecule has 6 rings (SSSR count). The van der Waals surface area contributed by atoms with Crippen molar-refractivity contribution in [3.05, 3.63) is 71.3 Å². The van der Waals surface area contributed by atoms with Crippen molar-refractivity contribution in [3.8, 4) is 11.6 Å². The number of aromatic amines is 2. The fourth-order valence-corrected chi connectivity index (χ4v) is 4.02. The van der Waals surface area contributed by atoms with E-state index >= 15 is 0 Å². The van der Waals surface area contributed by atoms with Crippen LogP contribution in [0.4, 0.5) is 4.39 Å². The summed E-state index contributed by atoms with van der Waals surface area (Å²) >= 11 is 0. The highest BCUT2D eigenvalue weighted by molar-refractivity contribution is 5.90. The van der Waals surface area contributed by atoms with Crippen LogP contribution in [0.15, 0.2) is 41.3 Å². The number of carbonyl (C=O) groups is 1. The van der Waals surface area contributed by atoms with Gasteiger partial charge >= 0.3 is 11.8 Å². The quantitative estimate of drug-likeness (QED) is 0.445. The highest BCUT2D eigenvalue weighted by atomic mass is 19.1. The molecule has 0 saturated carbocycles. The van der Waals surface area contributed by atoms with Gasteiger partial charge in [-0.25, -0.2) is 13.9 Å². The maximum atomic E-state index is 14.3. The molecule has 160 valence electrons. The first-order valence-electron chi connectivity index (χ1n) is 9.91. The Hall–Kier alpha value is -4.35. The molecule has 11 nitrogen and oxygen atoms in total. The molecule has 0 saturated heterocycles. The summed E-state index contributed by atoms with van der Waals surface area (Å²) in [6, 6.07) is 3.92. The van der Waals surface area contributed by atoms with Crippen LogP contribution in [0, 0.1) is 12.7 Å². The minimum absolute atomic E-state index is 0.159. The van der Waals surface area contributed by atoms with E-state index in [1.54, 1.807) is 35.8 Å². The Morgan fingerprint density at radius 1 is 1.34 bits per heavy atom. The summed E-state index contributed by atoms with van der Waals surface area (Å²) in [4.78, 5) is 22.5. The zero-order valence-corrected chi connectivity index (χ0v) is 16.8. The molecule has 12 heteroatoms. The van der Waals surface area contributed by atoms with Crippen molar-refractivity contribution in [2.45, 2.75) is 19.4 Å². The topological polar surface area (TPSA) is 134 Å². The number of amides is 1. The second-order valence-electron chi connectivity index (χ2n) is 7.51. The van der Waals surface area contributed by atoms with Crippen LogP contribution < -0.4 is 0 Å². The van der Waals surface area contributed by atoms with Crippen LogP contribution in [0.3, 0.4) is 0 Å². The fraction of sp³-hybridized carbons (Fsp3) is 0.200. The first-order chi connectivity index (χ1) is 15.6. The number of imidazole rings is 1. The third-order valence-electron chi connectivity index (χ3n) is 5.59. The van der Waals surface area contributed by atoms with Crippen molar-refractivity contribution in [1.29, 1.82) is 0 Å². The van der Waals surface area contributed by atoms with Gasteiger partial charge in [-0.1, -0.05) is 0 Å². The normalized spacial score (nSPS) is 15.9. The monoisotopic (exact) mass is 433 g/mol. The van der Waals surface area contributed by atoms with Gasteiger partial charge in [0.25, 0.3) is 5.89 Å². The first kappa shape index (κ1) is 18.4. The molecule has 32 heavy (non-hydrogen) atoms. The van der Waals surface area contributed by atoms with Gasteiger partial charge in [0.2, 0.25) is 0 Å². The number of nitrogens with zero attached hydrogens (tertiary/aromatic N) is 7. The number of hydrogen-bond donors (Lipinski definition) is 2. The van der Waals surface area contributed by atoms with Crippen LogP contribution in [-0.4, -0.2) is 57.3 Å². The van der Waals surface area contributed by atoms with E-state index in [0.717, 1.165) is 11.3 Å². The minimum Gasteiger partial charge on any atom is -0.411 e. The summed E-state index contributed by atoms with van der Waals surface area (Å²) in [7, 11) is 0. The summed E-state index contributed by atoms with van der Waals surface area (Å²) in [6.07, 6.45) is 5.43. The third-order valence-corrected chi connectivity index (χ3v) is 5.59. The molecule has 1 amide bonds. The lowest BCUT2D eigenvalue weighted by Crippen LogP contribution is -2.41. The number of fused-ring (bicyclic) bond motifs is 2. The van der Waals surface area contributed by atoms with E-state index in [1.807, 2.05) is 6.92 Å². The number of halogens is 1. The number of carbonyl (C=O) groups excluding carboxylic acids is 1. The van der Waals surface area contributed by atoms with E-state index in [4.69, 9.17) is 4.42 Å². The van der Waals surface area contributed by atoms with Crippen LogP contribution in [0.1, 0.15) is 39.4 Å². The van der Waals surface area contributed by atoms with Crippen molar-refractivity contribution in [1.82, 2.24) is 44.9 Å². The molecule has 1 aliphatic rings. The predicted molar refractivity (Wildman–Crippen MR) is 107 cm³/mol. The average Bonchev–Trinajstić information content (AvgIpc) is 3.57. The van der Waals surface area contributed by atoms with Crippen LogP contribution in [0.2, 0.25) is 0 Å². The van der Waals surface area contributed by atoms with Crippen molar-refractivity contribution < 1.29 is 13.6 Å². The van der Waals surface area contributed by atoms with Gasteiger partial charge in [0.05, 0.1) is 23.9 Å². The molecule has 0 aliphatic carbocycles. The van der Waals surface area contributed by atoms with E-state index in [1.165, 1.54) is 10.6 Å². The van der Waals surface area contributed by atoms with Gasteiger partial charge in [-0.2, -0.15) is 10.2 Å². The molecule has 1 atom stereocenters. The minimum atomic E-state index is -0.638. The Morgan fingerprint density at radius 3 is 3.06 bits per heavy atom. The van der Waals surface area contributed by atoms with E-state index in [0.29, 0.717) is 35.6 Å². The number of nitrogens with one attached hydrogen (secondary N) is 2. The Bertz CT molecular complexity index is 1460. The maximum Gasteiger partial charge on any atom is 0.312 e. The van der Waals surface area contributed by atoms with Crippen molar-refractivity contribution in [3.63, 3.8) is 0 Å². The first-order valence-corrected chi connectivity index (χ1v) is 9.91. The molecule has 2 N–H and O–H groups in total. The largest absolute Gasteiger partial charge is 0.411 e. The lowest BCUT2D eigenvalue weighted by Gasteiger charge is -2.32. The van der Waals surface area contributed by atoms with Crippen LogP contribution >= 0.6 is 0 Å². The SMILES string of the molecule is Cc1cn[nH]c1-c1nnc(C(=O)N2CCc3[nH]cnc3[C@@H]2c2cc3c(F)cccn3n2)o1. The van der Waals surface area contributed by atoms with Crippen LogP contribution in [-0.2, 0) is 6.42 Å². The Kier molecular flexibility index (Phi) is 3.93. The van der Waals surface area contributed by atoms with E-state index in [-0.39, 0.29) is 11.8 Å². The zero-order chi connectivity index (χ0) is 21.8. The molecular weight excluding hydrogens is 417 g/mol. The molecule has 0 unspecified atom stereocenters. The lowest BCUT2D eigenvalue weighted by molar-refractivity contribution is 0.0646. The standard InChI is InChI=1S/C20H16FN9O2/c1-10-8-24-25-15(10)18-26-27-19(32-18)20(31)29-6-4-12-16(23-9-22-12)17(29)13-7-14-11(21)3-2-5-30(14)28-13/h2-3,5,7-9,17H,4,6H2,1H3,(H,22,23)(H,24,25)/t17-/m0/s1. The fourth-order valence-electron chi connectivity index (χ4n) is 4.02.